The average Bonchev–Trinajstić information content (AvgIpc) is 3.27. The highest BCUT2D eigenvalue weighted by atomic mass is 32.1. The molecule has 26 heavy (non-hydrogen) atoms. The molecular weight excluding hydrogens is 352 g/mol. The number of carbonyl (C=O) groups excluding carboxylic acids is 2. The Kier molecular flexibility index (Phi) is 5.69. The molecule has 0 aliphatic rings. The summed E-state index contributed by atoms with van der Waals surface area (Å²) in [5.74, 6) is 0.806. The summed E-state index contributed by atoms with van der Waals surface area (Å²) in [6.07, 6.45) is 4.32. The summed E-state index contributed by atoms with van der Waals surface area (Å²) in [7, 11) is 1.86. The van der Waals surface area contributed by atoms with Gasteiger partial charge in [-0.25, -0.2) is 9.78 Å². The van der Waals surface area contributed by atoms with Gasteiger partial charge in [-0.05, 0) is 0 Å². The molecule has 8 nitrogen and oxygen atoms in total. The van der Waals surface area contributed by atoms with E-state index < -0.39 is 0 Å². The lowest BCUT2D eigenvalue weighted by atomic mass is 10.1. The van der Waals surface area contributed by atoms with Gasteiger partial charge in [0.15, 0.2) is 5.78 Å². The minimum atomic E-state index is -0.379. The van der Waals surface area contributed by atoms with E-state index in [9.17, 15) is 9.59 Å². The van der Waals surface area contributed by atoms with Gasteiger partial charge in [0.05, 0.1) is 6.54 Å². The Morgan fingerprint density at radius 3 is 2.73 bits per heavy atom. The highest BCUT2D eigenvalue weighted by Crippen LogP contribution is 2.17. The number of hydrogen-bond donors (Lipinski definition) is 2. The lowest BCUT2D eigenvalue weighted by molar-refractivity contribution is 0.0982. The maximum atomic E-state index is 12.1. The van der Waals surface area contributed by atoms with E-state index >= 15 is 0 Å². The van der Waals surface area contributed by atoms with Crippen molar-refractivity contribution in [3.8, 4) is 0 Å². The van der Waals surface area contributed by atoms with Crippen molar-refractivity contribution in [2.24, 2.45) is 7.05 Å². The average molecular weight is 370 g/mol. The largest absolute Gasteiger partial charge is 0.337 e. The molecule has 0 bridgehead atoms. The van der Waals surface area contributed by atoms with Crippen molar-refractivity contribution < 1.29 is 9.59 Å². The number of Topliss-reactive ketones (excluding diaryl/α,β-unsaturated/α-hetero) is 1. The van der Waals surface area contributed by atoms with Crippen molar-refractivity contribution in [2.75, 3.05) is 5.32 Å². The van der Waals surface area contributed by atoms with Gasteiger partial charge >= 0.3 is 6.03 Å². The first-order valence-corrected chi connectivity index (χ1v) is 8.85. The molecule has 0 aliphatic carbocycles. The molecule has 2 N–H and O–H groups in total. The van der Waals surface area contributed by atoms with Crippen molar-refractivity contribution in [1.29, 1.82) is 0 Å². The molecule has 0 saturated carbocycles. The molecule has 0 unspecified atom stereocenters. The van der Waals surface area contributed by atoms with Gasteiger partial charge in [-0.3, -0.25) is 10.1 Å². The van der Waals surface area contributed by atoms with E-state index in [2.05, 4.69) is 25.8 Å². The summed E-state index contributed by atoms with van der Waals surface area (Å²) in [6, 6.07) is 8.75. The number of aromatic nitrogens is 4. The van der Waals surface area contributed by atoms with Crippen LogP contribution in [0, 0.1) is 0 Å². The predicted octanol–water partition coefficient (Wildman–Crippen LogP) is 2.41. The molecule has 2 heterocycles. The molecule has 0 saturated heterocycles. The quantitative estimate of drug-likeness (QED) is 0.622. The van der Waals surface area contributed by atoms with E-state index in [0.29, 0.717) is 35.1 Å². The third-order valence-corrected chi connectivity index (χ3v) is 4.58. The molecule has 9 heteroatoms. The molecule has 3 rings (SSSR count). The number of carbonyl (C=O) groups is 2. The number of nitrogens with zero attached hydrogens (tertiary/aromatic N) is 4. The molecule has 134 valence electrons. The summed E-state index contributed by atoms with van der Waals surface area (Å²) in [6.45, 7) is 0.312. The van der Waals surface area contributed by atoms with Crippen molar-refractivity contribution >= 4 is 28.3 Å². The lowest BCUT2D eigenvalue weighted by Crippen LogP contribution is -2.29. The van der Waals surface area contributed by atoms with Crippen molar-refractivity contribution in [3.63, 3.8) is 0 Å². The highest BCUT2D eigenvalue weighted by Gasteiger charge is 2.11. The number of anilines is 1. The zero-order valence-corrected chi connectivity index (χ0v) is 15.0. The van der Waals surface area contributed by atoms with Crippen molar-refractivity contribution in [2.45, 2.75) is 19.4 Å². The Hall–Kier alpha value is -3.07. The first kappa shape index (κ1) is 17.7. The van der Waals surface area contributed by atoms with Crippen LogP contribution in [-0.2, 0) is 20.0 Å². The van der Waals surface area contributed by atoms with E-state index in [1.54, 1.807) is 18.3 Å². The van der Waals surface area contributed by atoms with Gasteiger partial charge in [-0.2, -0.15) is 0 Å². The number of rotatable bonds is 7. The van der Waals surface area contributed by atoms with Crippen LogP contribution in [0.4, 0.5) is 9.93 Å². The SMILES string of the molecule is Cn1ccnc1CNC(=O)Nc1nnc(CCC(=O)c2ccccc2)s1. The Morgan fingerprint density at radius 2 is 2.00 bits per heavy atom. The fraction of sp³-hybridized carbons (Fsp3) is 0.235. The molecule has 0 radical (unpaired) electrons. The number of nitrogens with one attached hydrogen (secondary N) is 2. The third kappa shape index (κ3) is 4.73. The Bertz CT molecular complexity index is 890. The number of imidazole rings is 1. The maximum absolute atomic E-state index is 12.1. The Balaban J connectivity index is 1.46. The number of benzene rings is 1. The van der Waals surface area contributed by atoms with Gasteiger partial charge in [-0.15, -0.1) is 10.2 Å². The van der Waals surface area contributed by atoms with E-state index in [4.69, 9.17) is 0 Å². The number of hydrogen-bond acceptors (Lipinski definition) is 6. The summed E-state index contributed by atoms with van der Waals surface area (Å²) >= 11 is 1.26. The topological polar surface area (TPSA) is 102 Å². The second-order valence-corrected chi connectivity index (χ2v) is 6.61. The smallest absolute Gasteiger partial charge is 0.321 e. The molecule has 1 aromatic carbocycles. The molecule has 0 atom stereocenters. The fourth-order valence-electron chi connectivity index (χ4n) is 2.26. The molecule has 0 aliphatic heterocycles. The van der Waals surface area contributed by atoms with Crippen LogP contribution >= 0.6 is 11.3 Å². The summed E-state index contributed by atoms with van der Waals surface area (Å²) in [5, 5.41) is 14.4. The number of urea groups is 1. The van der Waals surface area contributed by atoms with E-state index in [1.807, 2.05) is 36.0 Å². The minimum Gasteiger partial charge on any atom is -0.337 e. The zero-order chi connectivity index (χ0) is 18.4. The van der Waals surface area contributed by atoms with Gasteiger partial charge in [0.1, 0.15) is 10.8 Å². The monoisotopic (exact) mass is 370 g/mol. The minimum absolute atomic E-state index is 0.0584. The van der Waals surface area contributed by atoms with E-state index in [0.717, 1.165) is 5.82 Å². The van der Waals surface area contributed by atoms with Crippen molar-refractivity contribution in [1.82, 2.24) is 25.1 Å². The van der Waals surface area contributed by atoms with Crippen LogP contribution in [0.2, 0.25) is 0 Å². The Morgan fingerprint density at radius 1 is 1.19 bits per heavy atom. The van der Waals surface area contributed by atoms with Gasteiger partial charge in [-0.1, -0.05) is 41.7 Å². The van der Waals surface area contributed by atoms with E-state index in [1.165, 1.54) is 11.3 Å². The number of aryl methyl sites for hydroxylation is 2. The van der Waals surface area contributed by atoms with Crippen LogP contribution in [0.5, 0.6) is 0 Å². The second kappa shape index (κ2) is 8.34. The molecule has 0 fully saturated rings. The zero-order valence-electron chi connectivity index (χ0n) is 14.2. The summed E-state index contributed by atoms with van der Waals surface area (Å²) in [4.78, 5) is 28.1. The van der Waals surface area contributed by atoms with Crippen molar-refractivity contribution in [3.05, 3.63) is 59.1 Å². The normalized spacial score (nSPS) is 10.5. The maximum Gasteiger partial charge on any atom is 0.321 e. The van der Waals surface area contributed by atoms with Gasteiger partial charge in [0, 0.05) is 37.8 Å². The third-order valence-electron chi connectivity index (χ3n) is 3.68. The van der Waals surface area contributed by atoms with Gasteiger partial charge < -0.3 is 9.88 Å². The molecule has 2 amide bonds. The lowest BCUT2D eigenvalue weighted by Gasteiger charge is -2.04. The van der Waals surface area contributed by atoms with Crippen LogP contribution < -0.4 is 10.6 Å². The van der Waals surface area contributed by atoms with E-state index in [-0.39, 0.29) is 11.8 Å². The first-order chi connectivity index (χ1) is 12.6. The second-order valence-electron chi connectivity index (χ2n) is 5.55. The van der Waals surface area contributed by atoms with Gasteiger partial charge in [0.25, 0.3) is 0 Å². The molecule has 2 aromatic heterocycles. The summed E-state index contributed by atoms with van der Waals surface area (Å²) in [5.41, 5.74) is 0.684. The van der Waals surface area contributed by atoms with Gasteiger partial charge in [0.2, 0.25) is 5.13 Å². The Labute approximate surface area is 154 Å². The molecular formula is C17H18N6O2S. The predicted molar refractivity (Wildman–Crippen MR) is 98.1 cm³/mol. The van der Waals surface area contributed by atoms with Crippen LogP contribution in [0.25, 0.3) is 0 Å². The van der Waals surface area contributed by atoms with Crippen LogP contribution in [0.3, 0.4) is 0 Å². The number of ketones is 1. The first-order valence-electron chi connectivity index (χ1n) is 8.03. The number of amides is 2. The molecule has 0 spiro atoms. The van der Waals surface area contributed by atoms with Crippen LogP contribution in [0.1, 0.15) is 27.6 Å². The standard InChI is InChI=1S/C17H18N6O2S/c1-23-10-9-18-14(23)11-19-16(25)20-17-22-21-15(26-17)8-7-13(24)12-5-3-2-4-6-12/h2-6,9-10H,7-8,11H2,1H3,(H2,19,20,22,25). The fourth-order valence-corrected chi connectivity index (χ4v) is 3.00. The summed E-state index contributed by atoms with van der Waals surface area (Å²) < 4.78 is 1.83. The molecule has 3 aromatic rings. The highest BCUT2D eigenvalue weighted by molar-refractivity contribution is 7.15. The van der Waals surface area contributed by atoms with Crippen LogP contribution in [-0.4, -0.2) is 31.6 Å². The van der Waals surface area contributed by atoms with Crippen LogP contribution in [0.15, 0.2) is 42.7 Å².